The Morgan fingerprint density at radius 1 is 1.33 bits per heavy atom. The van der Waals surface area contributed by atoms with Crippen LogP contribution in [0.3, 0.4) is 0 Å². The first kappa shape index (κ1) is 10.2. The maximum absolute atomic E-state index is 11.4. The summed E-state index contributed by atoms with van der Waals surface area (Å²) < 4.78 is 1.73. The molecular formula is C12H16N2O. The second-order valence-corrected chi connectivity index (χ2v) is 3.83. The molecule has 1 aromatic heterocycles. The van der Waals surface area contributed by atoms with Crippen LogP contribution in [0.5, 0.6) is 0 Å². The van der Waals surface area contributed by atoms with E-state index < -0.39 is 0 Å². The molecule has 1 aromatic rings. The fourth-order valence-corrected chi connectivity index (χ4v) is 1.82. The van der Waals surface area contributed by atoms with Gasteiger partial charge >= 0.3 is 0 Å². The normalized spacial score (nSPS) is 16.0. The molecule has 0 fully saturated rings. The summed E-state index contributed by atoms with van der Waals surface area (Å²) in [6.07, 6.45) is 8.46. The minimum absolute atomic E-state index is 0.0730. The molecule has 0 spiro atoms. The Morgan fingerprint density at radius 2 is 2.13 bits per heavy atom. The van der Waals surface area contributed by atoms with E-state index in [0.29, 0.717) is 6.04 Å². The summed E-state index contributed by atoms with van der Waals surface area (Å²) in [5.41, 5.74) is 0.0730. The summed E-state index contributed by atoms with van der Waals surface area (Å²) in [4.78, 5) is 11.4. The summed E-state index contributed by atoms with van der Waals surface area (Å²) in [7, 11) is 0. The fraction of sp³-hybridized carbons (Fsp3) is 0.417. The molecule has 3 nitrogen and oxygen atoms in total. The highest BCUT2D eigenvalue weighted by Crippen LogP contribution is 2.08. The number of nitrogens with one attached hydrogen (secondary N) is 1. The summed E-state index contributed by atoms with van der Waals surface area (Å²) in [6, 6.07) is 5.83. The molecule has 3 heteroatoms. The van der Waals surface area contributed by atoms with Gasteiger partial charge in [0.15, 0.2) is 0 Å². The molecule has 0 unspecified atom stereocenters. The third-order valence-corrected chi connectivity index (χ3v) is 2.69. The maximum Gasteiger partial charge on any atom is 0.250 e. The van der Waals surface area contributed by atoms with Crippen LogP contribution in [0.4, 0.5) is 0 Å². The van der Waals surface area contributed by atoms with Gasteiger partial charge in [0, 0.05) is 31.4 Å². The Bertz CT molecular complexity index is 387. The fourth-order valence-electron chi connectivity index (χ4n) is 1.82. The number of hydrogen-bond acceptors (Lipinski definition) is 2. The van der Waals surface area contributed by atoms with Crippen molar-refractivity contribution in [1.82, 2.24) is 9.88 Å². The summed E-state index contributed by atoms with van der Waals surface area (Å²) in [6.45, 7) is 1.60. The summed E-state index contributed by atoms with van der Waals surface area (Å²) in [5.74, 6) is 0. The summed E-state index contributed by atoms with van der Waals surface area (Å²) in [5, 5.41) is 3.44. The first-order valence-corrected chi connectivity index (χ1v) is 5.40. The number of hydrogen-bond donors (Lipinski definition) is 1. The lowest BCUT2D eigenvalue weighted by molar-refractivity contribution is 0.502. The highest BCUT2D eigenvalue weighted by molar-refractivity contribution is 4.98. The SMILES string of the molecule is O=c1ccccn1CCNC1CC=CC1. The van der Waals surface area contributed by atoms with Gasteiger partial charge in [-0.25, -0.2) is 0 Å². The van der Waals surface area contributed by atoms with Crippen LogP contribution in [0.1, 0.15) is 12.8 Å². The molecule has 80 valence electrons. The van der Waals surface area contributed by atoms with E-state index in [-0.39, 0.29) is 5.56 Å². The highest BCUT2D eigenvalue weighted by Gasteiger charge is 2.08. The lowest BCUT2D eigenvalue weighted by Crippen LogP contribution is -2.32. The second kappa shape index (κ2) is 4.94. The highest BCUT2D eigenvalue weighted by atomic mass is 16.1. The Morgan fingerprint density at radius 3 is 2.87 bits per heavy atom. The van der Waals surface area contributed by atoms with Gasteiger partial charge in [0.1, 0.15) is 0 Å². The number of rotatable bonds is 4. The zero-order valence-corrected chi connectivity index (χ0v) is 8.73. The molecule has 2 rings (SSSR count). The topological polar surface area (TPSA) is 34.0 Å². The summed E-state index contributed by atoms with van der Waals surface area (Å²) >= 11 is 0. The van der Waals surface area contributed by atoms with Crippen molar-refractivity contribution < 1.29 is 0 Å². The van der Waals surface area contributed by atoms with Crippen molar-refractivity contribution in [2.24, 2.45) is 0 Å². The first-order chi connectivity index (χ1) is 7.36. The molecule has 0 bridgehead atoms. The van der Waals surface area contributed by atoms with E-state index in [1.807, 2.05) is 12.3 Å². The average molecular weight is 204 g/mol. The smallest absolute Gasteiger partial charge is 0.250 e. The standard InChI is InChI=1S/C12H16N2O/c15-12-7-3-4-9-14(12)10-8-13-11-5-1-2-6-11/h1-4,7,9,11,13H,5-6,8,10H2. The van der Waals surface area contributed by atoms with E-state index in [4.69, 9.17) is 0 Å². The molecule has 0 radical (unpaired) electrons. The Labute approximate surface area is 89.4 Å². The quantitative estimate of drug-likeness (QED) is 0.747. The van der Waals surface area contributed by atoms with Crippen molar-refractivity contribution in [1.29, 1.82) is 0 Å². The van der Waals surface area contributed by atoms with E-state index in [1.54, 1.807) is 16.7 Å². The average Bonchev–Trinajstić information content (AvgIpc) is 2.74. The molecule has 0 saturated carbocycles. The van der Waals surface area contributed by atoms with Crippen LogP contribution in [0.15, 0.2) is 41.3 Å². The Hall–Kier alpha value is -1.35. The van der Waals surface area contributed by atoms with Crippen LogP contribution in [0.2, 0.25) is 0 Å². The largest absolute Gasteiger partial charge is 0.314 e. The van der Waals surface area contributed by atoms with Crippen molar-refractivity contribution in [3.05, 3.63) is 46.9 Å². The molecule has 1 aliphatic rings. The number of aromatic nitrogens is 1. The van der Waals surface area contributed by atoms with Crippen LogP contribution in [-0.2, 0) is 6.54 Å². The molecule has 0 aliphatic heterocycles. The van der Waals surface area contributed by atoms with Crippen molar-refractivity contribution in [2.45, 2.75) is 25.4 Å². The van der Waals surface area contributed by atoms with Gasteiger partial charge in [-0.3, -0.25) is 4.79 Å². The lowest BCUT2D eigenvalue weighted by Gasteiger charge is -2.12. The van der Waals surface area contributed by atoms with Crippen molar-refractivity contribution in [3.8, 4) is 0 Å². The third-order valence-electron chi connectivity index (χ3n) is 2.69. The van der Waals surface area contributed by atoms with E-state index >= 15 is 0 Å². The predicted molar refractivity (Wildman–Crippen MR) is 60.9 cm³/mol. The molecular weight excluding hydrogens is 188 g/mol. The van der Waals surface area contributed by atoms with Gasteiger partial charge in [-0.15, -0.1) is 0 Å². The van der Waals surface area contributed by atoms with E-state index in [0.717, 1.165) is 25.9 Å². The molecule has 0 atom stereocenters. The molecule has 0 aromatic carbocycles. The molecule has 1 heterocycles. The zero-order valence-electron chi connectivity index (χ0n) is 8.73. The van der Waals surface area contributed by atoms with Crippen LogP contribution in [0.25, 0.3) is 0 Å². The molecule has 1 N–H and O–H groups in total. The van der Waals surface area contributed by atoms with Gasteiger partial charge in [-0.1, -0.05) is 18.2 Å². The van der Waals surface area contributed by atoms with Crippen LogP contribution in [-0.4, -0.2) is 17.2 Å². The minimum Gasteiger partial charge on any atom is -0.314 e. The number of nitrogens with zero attached hydrogens (tertiary/aromatic N) is 1. The predicted octanol–water partition coefficient (Wildman–Crippen LogP) is 1.16. The van der Waals surface area contributed by atoms with Crippen LogP contribution in [0, 0.1) is 0 Å². The van der Waals surface area contributed by atoms with Crippen molar-refractivity contribution in [3.63, 3.8) is 0 Å². The van der Waals surface area contributed by atoms with Gasteiger partial charge in [-0.05, 0) is 18.9 Å². The molecule has 0 saturated heterocycles. The zero-order chi connectivity index (χ0) is 10.5. The maximum atomic E-state index is 11.4. The minimum atomic E-state index is 0.0730. The van der Waals surface area contributed by atoms with Crippen LogP contribution < -0.4 is 10.9 Å². The van der Waals surface area contributed by atoms with Crippen molar-refractivity contribution >= 4 is 0 Å². The number of pyridine rings is 1. The first-order valence-electron chi connectivity index (χ1n) is 5.40. The van der Waals surface area contributed by atoms with Gasteiger partial charge in [0.25, 0.3) is 5.56 Å². The van der Waals surface area contributed by atoms with Crippen molar-refractivity contribution in [2.75, 3.05) is 6.54 Å². The van der Waals surface area contributed by atoms with E-state index in [1.165, 1.54) is 0 Å². The van der Waals surface area contributed by atoms with E-state index in [9.17, 15) is 4.79 Å². The molecule has 0 amide bonds. The Kier molecular flexibility index (Phi) is 3.35. The monoisotopic (exact) mass is 204 g/mol. The van der Waals surface area contributed by atoms with Crippen LogP contribution >= 0.6 is 0 Å². The van der Waals surface area contributed by atoms with Gasteiger partial charge in [0.2, 0.25) is 0 Å². The second-order valence-electron chi connectivity index (χ2n) is 3.83. The van der Waals surface area contributed by atoms with Gasteiger partial charge in [0.05, 0.1) is 0 Å². The van der Waals surface area contributed by atoms with Gasteiger partial charge in [-0.2, -0.15) is 0 Å². The Balaban J connectivity index is 1.78. The van der Waals surface area contributed by atoms with E-state index in [2.05, 4.69) is 17.5 Å². The van der Waals surface area contributed by atoms with Gasteiger partial charge < -0.3 is 9.88 Å². The third kappa shape index (κ3) is 2.80. The lowest BCUT2D eigenvalue weighted by atomic mass is 10.2. The molecule has 1 aliphatic carbocycles. The molecule has 15 heavy (non-hydrogen) atoms.